The van der Waals surface area contributed by atoms with E-state index in [4.69, 9.17) is 0 Å². The van der Waals surface area contributed by atoms with Gasteiger partial charge in [-0.25, -0.2) is 0 Å². The Balaban J connectivity index is 2.47. The van der Waals surface area contributed by atoms with E-state index < -0.39 is 5.60 Å². The largest absolute Gasteiger partial charge is 0.379 e. The lowest BCUT2D eigenvalue weighted by atomic mass is 9.91. The summed E-state index contributed by atoms with van der Waals surface area (Å²) in [6, 6.07) is 13.4. The van der Waals surface area contributed by atoms with Crippen molar-refractivity contribution in [1.29, 1.82) is 0 Å². The maximum absolute atomic E-state index is 10.5. The Morgan fingerprint density at radius 2 is 1.81 bits per heavy atom. The van der Waals surface area contributed by atoms with Crippen molar-refractivity contribution < 1.29 is 5.11 Å². The minimum Gasteiger partial charge on any atom is -0.379 e. The van der Waals surface area contributed by atoms with Crippen LogP contribution in [0.15, 0.2) is 48.7 Å². The summed E-state index contributed by atoms with van der Waals surface area (Å²) in [6.07, 6.45) is 1.72. The first kappa shape index (κ1) is 10.8. The van der Waals surface area contributed by atoms with Crippen molar-refractivity contribution in [2.24, 2.45) is 0 Å². The molecule has 1 heterocycles. The molecule has 0 saturated carbocycles. The fourth-order valence-electron chi connectivity index (χ4n) is 1.71. The Labute approximate surface area is 95.6 Å². The van der Waals surface area contributed by atoms with Gasteiger partial charge in [-0.15, -0.1) is 0 Å². The van der Waals surface area contributed by atoms with Crippen molar-refractivity contribution in [3.8, 4) is 0 Å². The van der Waals surface area contributed by atoms with E-state index >= 15 is 0 Å². The van der Waals surface area contributed by atoms with Crippen LogP contribution in [0.1, 0.15) is 23.7 Å². The average Bonchev–Trinajstić information content (AvgIpc) is 2.30. The standard InChI is InChI=1S/C14H15NO/c1-11-8-9-15-13(10-11)14(2,16)12-6-4-3-5-7-12/h3-10,16H,1-2H3/t14-/m1/s1. The van der Waals surface area contributed by atoms with Gasteiger partial charge in [0.15, 0.2) is 0 Å². The normalized spacial score (nSPS) is 14.4. The topological polar surface area (TPSA) is 33.1 Å². The maximum Gasteiger partial charge on any atom is 0.129 e. The van der Waals surface area contributed by atoms with Gasteiger partial charge in [-0.3, -0.25) is 4.98 Å². The van der Waals surface area contributed by atoms with Gasteiger partial charge in [-0.1, -0.05) is 30.3 Å². The lowest BCUT2D eigenvalue weighted by Gasteiger charge is -2.23. The molecule has 82 valence electrons. The molecule has 2 rings (SSSR count). The molecule has 0 amide bonds. The molecule has 0 aliphatic heterocycles. The lowest BCUT2D eigenvalue weighted by molar-refractivity contribution is 0.0973. The van der Waals surface area contributed by atoms with Crippen LogP contribution in [0.3, 0.4) is 0 Å². The molecule has 0 aliphatic rings. The first-order valence-corrected chi connectivity index (χ1v) is 5.32. The number of pyridine rings is 1. The zero-order valence-electron chi connectivity index (χ0n) is 9.51. The van der Waals surface area contributed by atoms with Crippen LogP contribution in [0.5, 0.6) is 0 Å². The van der Waals surface area contributed by atoms with Crippen LogP contribution in [-0.2, 0) is 5.60 Å². The summed E-state index contributed by atoms with van der Waals surface area (Å²) >= 11 is 0. The fraction of sp³-hybridized carbons (Fsp3) is 0.214. The van der Waals surface area contributed by atoms with Crippen molar-refractivity contribution in [2.45, 2.75) is 19.4 Å². The van der Waals surface area contributed by atoms with E-state index in [0.717, 1.165) is 11.1 Å². The van der Waals surface area contributed by atoms with E-state index in [-0.39, 0.29) is 0 Å². The third-order valence-electron chi connectivity index (χ3n) is 2.75. The molecule has 1 N–H and O–H groups in total. The predicted octanol–water partition coefficient (Wildman–Crippen LogP) is 2.65. The zero-order valence-corrected chi connectivity index (χ0v) is 9.51. The summed E-state index contributed by atoms with van der Waals surface area (Å²) < 4.78 is 0. The van der Waals surface area contributed by atoms with Crippen LogP contribution in [0.2, 0.25) is 0 Å². The number of benzene rings is 1. The van der Waals surface area contributed by atoms with E-state index in [1.54, 1.807) is 13.1 Å². The van der Waals surface area contributed by atoms with E-state index in [1.165, 1.54) is 0 Å². The average molecular weight is 213 g/mol. The highest BCUT2D eigenvalue weighted by Crippen LogP contribution is 2.27. The van der Waals surface area contributed by atoms with Crippen molar-refractivity contribution in [3.05, 3.63) is 65.5 Å². The third-order valence-corrected chi connectivity index (χ3v) is 2.75. The van der Waals surface area contributed by atoms with Gasteiger partial charge in [-0.05, 0) is 37.1 Å². The summed E-state index contributed by atoms with van der Waals surface area (Å²) in [4.78, 5) is 4.24. The van der Waals surface area contributed by atoms with Crippen LogP contribution in [0.25, 0.3) is 0 Å². The molecule has 0 radical (unpaired) electrons. The molecule has 0 bridgehead atoms. The molecule has 2 aromatic rings. The Kier molecular flexibility index (Phi) is 2.75. The molecule has 1 aromatic carbocycles. The predicted molar refractivity (Wildman–Crippen MR) is 64.1 cm³/mol. The van der Waals surface area contributed by atoms with Crippen molar-refractivity contribution in [2.75, 3.05) is 0 Å². The van der Waals surface area contributed by atoms with Crippen LogP contribution in [0, 0.1) is 6.92 Å². The third kappa shape index (κ3) is 1.97. The molecule has 16 heavy (non-hydrogen) atoms. The van der Waals surface area contributed by atoms with Crippen molar-refractivity contribution in [3.63, 3.8) is 0 Å². The lowest BCUT2D eigenvalue weighted by Crippen LogP contribution is -2.24. The van der Waals surface area contributed by atoms with Gasteiger partial charge < -0.3 is 5.11 Å². The van der Waals surface area contributed by atoms with E-state index in [9.17, 15) is 5.11 Å². The molecule has 0 saturated heterocycles. The van der Waals surface area contributed by atoms with Crippen LogP contribution in [-0.4, -0.2) is 10.1 Å². The molecule has 0 spiro atoms. The summed E-state index contributed by atoms with van der Waals surface area (Å²) in [5.41, 5.74) is 1.60. The molecule has 2 nitrogen and oxygen atoms in total. The number of rotatable bonds is 2. The van der Waals surface area contributed by atoms with Gasteiger partial charge in [0.05, 0.1) is 5.69 Å². The quantitative estimate of drug-likeness (QED) is 0.832. The van der Waals surface area contributed by atoms with E-state index in [1.807, 2.05) is 49.4 Å². The SMILES string of the molecule is Cc1ccnc([C@](C)(O)c2ccccc2)c1. The van der Waals surface area contributed by atoms with Gasteiger partial charge >= 0.3 is 0 Å². The maximum atomic E-state index is 10.5. The highest BCUT2D eigenvalue weighted by Gasteiger charge is 2.26. The van der Waals surface area contributed by atoms with Gasteiger partial charge in [0.1, 0.15) is 5.60 Å². The van der Waals surface area contributed by atoms with Crippen molar-refractivity contribution >= 4 is 0 Å². The Morgan fingerprint density at radius 1 is 1.12 bits per heavy atom. The molecule has 2 heteroatoms. The smallest absolute Gasteiger partial charge is 0.129 e. The molecule has 0 fully saturated rings. The van der Waals surface area contributed by atoms with Gasteiger partial charge in [0, 0.05) is 6.20 Å². The van der Waals surface area contributed by atoms with Crippen LogP contribution < -0.4 is 0 Å². The minimum atomic E-state index is -1.03. The number of nitrogens with zero attached hydrogens (tertiary/aromatic N) is 1. The minimum absolute atomic E-state index is 0.679. The molecular weight excluding hydrogens is 198 g/mol. The second-order valence-corrected chi connectivity index (χ2v) is 4.16. The molecule has 0 unspecified atom stereocenters. The summed E-state index contributed by atoms with van der Waals surface area (Å²) in [5, 5.41) is 10.5. The zero-order chi connectivity index (χ0) is 11.6. The molecule has 1 aromatic heterocycles. The van der Waals surface area contributed by atoms with Gasteiger partial charge in [0.25, 0.3) is 0 Å². The highest BCUT2D eigenvalue weighted by atomic mass is 16.3. The highest BCUT2D eigenvalue weighted by molar-refractivity contribution is 5.32. The Hall–Kier alpha value is -1.67. The number of hydrogen-bond acceptors (Lipinski definition) is 2. The first-order valence-electron chi connectivity index (χ1n) is 5.32. The number of aliphatic hydroxyl groups is 1. The van der Waals surface area contributed by atoms with Crippen LogP contribution in [0.4, 0.5) is 0 Å². The summed E-state index contributed by atoms with van der Waals surface area (Å²) in [7, 11) is 0. The van der Waals surface area contributed by atoms with Crippen LogP contribution >= 0.6 is 0 Å². The molecule has 1 atom stereocenters. The van der Waals surface area contributed by atoms with Gasteiger partial charge in [-0.2, -0.15) is 0 Å². The van der Waals surface area contributed by atoms with Crippen molar-refractivity contribution in [1.82, 2.24) is 4.98 Å². The summed E-state index contributed by atoms with van der Waals surface area (Å²) in [6.45, 7) is 3.76. The Bertz CT molecular complexity index is 477. The second kappa shape index (κ2) is 4.06. The summed E-state index contributed by atoms with van der Waals surface area (Å²) in [5.74, 6) is 0. The van der Waals surface area contributed by atoms with E-state index in [2.05, 4.69) is 4.98 Å². The monoisotopic (exact) mass is 213 g/mol. The first-order chi connectivity index (χ1) is 7.60. The number of hydrogen-bond donors (Lipinski definition) is 1. The second-order valence-electron chi connectivity index (χ2n) is 4.16. The molecule has 0 aliphatic carbocycles. The fourth-order valence-corrected chi connectivity index (χ4v) is 1.71. The van der Waals surface area contributed by atoms with Gasteiger partial charge in [0.2, 0.25) is 0 Å². The van der Waals surface area contributed by atoms with E-state index in [0.29, 0.717) is 5.69 Å². The number of aromatic nitrogens is 1. The number of aryl methyl sites for hydroxylation is 1. The molecular formula is C14H15NO. The Morgan fingerprint density at radius 3 is 2.44 bits per heavy atom.